The lowest BCUT2D eigenvalue weighted by Crippen LogP contribution is -2.43. The molecule has 3 aromatic rings. The van der Waals surface area contributed by atoms with Crippen LogP contribution < -0.4 is 15.4 Å². The van der Waals surface area contributed by atoms with Crippen molar-refractivity contribution in [2.24, 2.45) is 0 Å². The van der Waals surface area contributed by atoms with Crippen LogP contribution in [-0.4, -0.2) is 54.7 Å². The van der Waals surface area contributed by atoms with Crippen LogP contribution in [0.1, 0.15) is 41.3 Å². The first-order valence-corrected chi connectivity index (χ1v) is 12.0. The summed E-state index contributed by atoms with van der Waals surface area (Å²) in [6.45, 7) is 5.74. The molecule has 182 valence electrons. The Hall–Kier alpha value is -3.71. The molecule has 1 aromatic heterocycles. The Morgan fingerprint density at radius 3 is 2.46 bits per heavy atom. The van der Waals surface area contributed by atoms with Gasteiger partial charge in [0.2, 0.25) is 0 Å². The molecule has 1 amide bonds. The van der Waals surface area contributed by atoms with Crippen molar-refractivity contribution in [3.63, 3.8) is 0 Å². The van der Waals surface area contributed by atoms with E-state index >= 15 is 0 Å². The fraction of sp³-hybridized carbons (Fsp3) is 0.321. The first kappa shape index (κ1) is 24.4. The number of nitrogens with zero attached hydrogens (tertiary/aromatic N) is 2. The van der Waals surface area contributed by atoms with Gasteiger partial charge in [0.1, 0.15) is 11.5 Å². The van der Waals surface area contributed by atoms with Crippen LogP contribution in [-0.2, 0) is 0 Å². The van der Waals surface area contributed by atoms with Gasteiger partial charge in [-0.15, -0.1) is 0 Å². The van der Waals surface area contributed by atoms with Crippen molar-refractivity contribution in [3.05, 3.63) is 71.4 Å². The summed E-state index contributed by atoms with van der Waals surface area (Å²) in [5, 5.41) is 14.2. The van der Waals surface area contributed by atoms with Gasteiger partial charge in [0.25, 0.3) is 5.91 Å². The molecule has 0 spiro atoms. The van der Waals surface area contributed by atoms with E-state index in [1.54, 1.807) is 13.1 Å². The number of carbonyl (C=O) groups is 1. The van der Waals surface area contributed by atoms with Crippen molar-refractivity contribution < 1.29 is 9.53 Å². The molecule has 35 heavy (non-hydrogen) atoms. The predicted octanol–water partition coefficient (Wildman–Crippen LogP) is 5.10. The minimum atomic E-state index is -0.0161. The number of rotatable bonds is 7. The number of hydrogen-bond acceptors (Lipinski definition) is 6. The number of piperidine rings is 1. The lowest BCUT2D eigenvalue weighted by atomic mass is 10.0. The Morgan fingerprint density at radius 1 is 1.06 bits per heavy atom. The zero-order valence-electron chi connectivity index (χ0n) is 20.8. The molecule has 0 aliphatic carbocycles. The highest BCUT2D eigenvalue weighted by molar-refractivity contribution is 6.01. The molecule has 0 atom stereocenters. The van der Waals surface area contributed by atoms with Crippen LogP contribution in [0.4, 0.5) is 5.69 Å². The number of anilines is 1. The molecule has 2 aromatic carbocycles. The van der Waals surface area contributed by atoms with Crippen molar-refractivity contribution in [3.8, 4) is 22.8 Å². The third-order valence-electron chi connectivity index (χ3n) is 6.45. The van der Waals surface area contributed by atoms with E-state index in [1.165, 1.54) is 0 Å². The molecule has 0 saturated carbocycles. The third-order valence-corrected chi connectivity index (χ3v) is 6.45. The molecular weight excluding hydrogens is 438 g/mol. The SMILES string of the molecule is CNc1cc(Oc2ccnc(-c3ccc(C(=O)NC4CCN(C)CC4)c(C)c3)c2)ccc1C(C)=N. The molecule has 3 N–H and O–H groups in total. The van der Waals surface area contributed by atoms with Crippen LogP contribution in [0.5, 0.6) is 11.5 Å². The highest BCUT2D eigenvalue weighted by atomic mass is 16.5. The van der Waals surface area contributed by atoms with Crippen LogP contribution in [0.3, 0.4) is 0 Å². The lowest BCUT2D eigenvalue weighted by molar-refractivity contribution is 0.0916. The van der Waals surface area contributed by atoms with E-state index in [4.69, 9.17) is 10.1 Å². The Morgan fingerprint density at radius 2 is 1.77 bits per heavy atom. The Balaban J connectivity index is 1.49. The minimum Gasteiger partial charge on any atom is -0.457 e. The van der Waals surface area contributed by atoms with Crippen molar-refractivity contribution in [2.45, 2.75) is 32.7 Å². The number of likely N-dealkylation sites (tertiary alicyclic amines) is 1. The second-order valence-electron chi connectivity index (χ2n) is 9.14. The van der Waals surface area contributed by atoms with E-state index in [-0.39, 0.29) is 11.9 Å². The Kier molecular flexibility index (Phi) is 7.46. The molecule has 7 nitrogen and oxygen atoms in total. The quantitative estimate of drug-likeness (QED) is 0.417. The first-order valence-electron chi connectivity index (χ1n) is 12.0. The number of ether oxygens (including phenoxy) is 1. The number of hydrogen-bond donors (Lipinski definition) is 3. The van der Waals surface area contributed by atoms with Gasteiger partial charge in [0.15, 0.2) is 0 Å². The zero-order valence-corrected chi connectivity index (χ0v) is 20.8. The predicted molar refractivity (Wildman–Crippen MR) is 141 cm³/mol. The molecule has 0 unspecified atom stereocenters. The van der Waals surface area contributed by atoms with Crippen molar-refractivity contribution in [1.29, 1.82) is 5.41 Å². The summed E-state index contributed by atoms with van der Waals surface area (Å²) in [5.74, 6) is 1.32. The van der Waals surface area contributed by atoms with Crippen LogP contribution in [0.15, 0.2) is 54.7 Å². The van der Waals surface area contributed by atoms with Crippen LogP contribution in [0, 0.1) is 12.3 Å². The molecular formula is C28H33N5O2. The van der Waals surface area contributed by atoms with Gasteiger partial charge < -0.3 is 25.7 Å². The molecule has 1 saturated heterocycles. The third kappa shape index (κ3) is 5.87. The van der Waals surface area contributed by atoms with Gasteiger partial charge in [-0.2, -0.15) is 0 Å². The van der Waals surface area contributed by atoms with E-state index in [1.807, 2.05) is 62.5 Å². The van der Waals surface area contributed by atoms with Crippen LogP contribution in [0.2, 0.25) is 0 Å². The van der Waals surface area contributed by atoms with E-state index in [9.17, 15) is 4.79 Å². The lowest BCUT2D eigenvalue weighted by Gasteiger charge is -2.29. The summed E-state index contributed by atoms with van der Waals surface area (Å²) in [6, 6.07) is 15.4. The topological polar surface area (TPSA) is 90.3 Å². The highest BCUT2D eigenvalue weighted by Gasteiger charge is 2.20. The van der Waals surface area contributed by atoms with E-state index in [0.717, 1.165) is 54.0 Å². The Bertz CT molecular complexity index is 1230. The maximum atomic E-state index is 12.9. The number of pyridine rings is 1. The number of aryl methyl sites for hydroxylation is 1. The average Bonchev–Trinajstić information content (AvgIpc) is 2.85. The van der Waals surface area contributed by atoms with E-state index < -0.39 is 0 Å². The van der Waals surface area contributed by atoms with Gasteiger partial charge in [-0.3, -0.25) is 9.78 Å². The second kappa shape index (κ2) is 10.7. The molecule has 2 heterocycles. The monoisotopic (exact) mass is 471 g/mol. The smallest absolute Gasteiger partial charge is 0.251 e. The van der Waals surface area contributed by atoms with E-state index in [2.05, 4.69) is 27.6 Å². The highest BCUT2D eigenvalue weighted by Crippen LogP contribution is 2.30. The fourth-order valence-electron chi connectivity index (χ4n) is 4.38. The number of aromatic nitrogens is 1. The van der Waals surface area contributed by atoms with Crippen molar-refractivity contribution in [2.75, 3.05) is 32.5 Å². The number of nitrogens with one attached hydrogen (secondary N) is 3. The van der Waals surface area contributed by atoms with Gasteiger partial charge in [-0.25, -0.2) is 0 Å². The molecule has 4 rings (SSSR count). The van der Waals surface area contributed by atoms with Crippen molar-refractivity contribution >= 4 is 17.3 Å². The normalized spacial score (nSPS) is 14.4. The summed E-state index contributed by atoms with van der Waals surface area (Å²) in [7, 11) is 3.94. The number of benzene rings is 2. The standard InChI is InChI=1S/C28H33N5O2/c1-18-15-20(5-7-24(18)28(34)32-21-10-13-33(4)14-11-21)26-16-23(9-12-31-26)35-22-6-8-25(19(2)29)27(17-22)30-3/h5-9,12,15-17,21,29-30H,10-11,13-14H2,1-4H3,(H,32,34). The van der Waals surface area contributed by atoms with Gasteiger partial charge >= 0.3 is 0 Å². The van der Waals surface area contributed by atoms with Crippen LogP contribution in [0.25, 0.3) is 11.3 Å². The number of amides is 1. The molecule has 0 bridgehead atoms. The van der Waals surface area contributed by atoms with E-state index in [0.29, 0.717) is 22.8 Å². The average molecular weight is 472 g/mol. The fourth-order valence-corrected chi connectivity index (χ4v) is 4.38. The first-order chi connectivity index (χ1) is 16.8. The summed E-state index contributed by atoms with van der Waals surface area (Å²) in [6.07, 6.45) is 3.68. The maximum absolute atomic E-state index is 12.9. The molecule has 0 radical (unpaired) electrons. The van der Waals surface area contributed by atoms with Gasteiger partial charge in [0.05, 0.1) is 5.69 Å². The van der Waals surface area contributed by atoms with Gasteiger partial charge in [-0.1, -0.05) is 6.07 Å². The molecule has 7 heteroatoms. The molecule has 1 aliphatic heterocycles. The zero-order chi connectivity index (χ0) is 24.9. The second-order valence-corrected chi connectivity index (χ2v) is 9.14. The molecule has 1 aliphatic rings. The van der Waals surface area contributed by atoms with Gasteiger partial charge in [-0.05, 0) is 82.7 Å². The largest absolute Gasteiger partial charge is 0.457 e. The summed E-state index contributed by atoms with van der Waals surface area (Å²) < 4.78 is 6.08. The van der Waals surface area contributed by atoms with Crippen molar-refractivity contribution in [1.82, 2.24) is 15.2 Å². The molecule has 1 fully saturated rings. The number of carbonyl (C=O) groups excluding carboxylic acids is 1. The van der Waals surface area contributed by atoms with Crippen LogP contribution >= 0.6 is 0 Å². The maximum Gasteiger partial charge on any atom is 0.251 e. The minimum absolute atomic E-state index is 0.0161. The van der Waals surface area contributed by atoms with Gasteiger partial charge in [0, 0.05) is 59.5 Å². The Labute approximate surface area is 207 Å². The summed E-state index contributed by atoms with van der Waals surface area (Å²) in [5.41, 5.74) is 5.48. The summed E-state index contributed by atoms with van der Waals surface area (Å²) in [4.78, 5) is 19.7. The summed E-state index contributed by atoms with van der Waals surface area (Å²) >= 11 is 0.